The minimum Gasteiger partial charge on any atom is -0.497 e. The highest BCUT2D eigenvalue weighted by atomic mass is 35.5. The van der Waals surface area contributed by atoms with Gasteiger partial charge in [0.05, 0.1) is 52.1 Å². The normalized spacial score (nSPS) is 18.1. The molecule has 0 aliphatic carbocycles. The van der Waals surface area contributed by atoms with Crippen LogP contribution >= 0.6 is 31.7 Å². The largest absolute Gasteiger partial charge is 0.497 e. The summed E-state index contributed by atoms with van der Waals surface area (Å²) in [5.74, 6) is 1.47. The van der Waals surface area contributed by atoms with Crippen molar-refractivity contribution in [2.24, 2.45) is 0 Å². The lowest BCUT2D eigenvalue weighted by molar-refractivity contribution is -0.0806. The molecule has 0 amide bonds. The lowest BCUT2D eigenvalue weighted by Crippen LogP contribution is -2.39. The summed E-state index contributed by atoms with van der Waals surface area (Å²) in [5, 5.41) is 10.4. The minimum atomic E-state index is -1.58. The van der Waals surface area contributed by atoms with Gasteiger partial charge in [-0.25, -0.2) is 4.67 Å². The lowest BCUT2D eigenvalue weighted by Gasteiger charge is -2.39. The second-order valence-corrected chi connectivity index (χ2v) is 15.7. The van der Waals surface area contributed by atoms with Crippen LogP contribution in [0.2, 0.25) is 10.0 Å². The van der Waals surface area contributed by atoms with E-state index in [4.69, 9.17) is 51.2 Å². The van der Waals surface area contributed by atoms with E-state index in [1.807, 2.05) is 79.7 Å². The Kier molecular flexibility index (Phi) is 14.6. The Hall–Kier alpha value is -3.22. The SMILES string of the molecule is COc1ccc(C(OC[C@H]2O[C@@H](c3cc(C)c(Cl)cc3Cl)C[C@@H]2OP(OCCC#N)N(C(C)C)C(C)C)(c2ccccc2)c2ccc(OC)cc2)cc1. The van der Waals surface area contributed by atoms with Crippen LogP contribution in [0.3, 0.4) is 0 Å². The Morgan fingerprint density at radius 3 is 1.94 bits per heavy atom. The van der Waals surface area contributed by atoms with Crippen molar-refractivity contribution in [1.82, 2.24) is 4.67 Å². The molecule has 0 saturated carbocycles. The van der Waals surface area contributed by atoms with Gasteiger partial charge in [0.15, 0.2) is 0 Å². The molecule has 1 aliphatic heterocycles. The number of benzene rings is 4. The summed E-state index contributed by atoms with van der Waals surface area (Å²) < 4.78 is 40.9. The molecule has 1 aliphatic rings. The number of nitrogens with zero attached hydrogens (tertiary/aromatic N) is 2. The zero-order chi connectivity index (χ0) is 38.1. The van der Waals surface area contributed by atoms with Gasteiger partial charge >= 0.3 is 0 Å². The topological polar surface area (TPSA) is 82.4 Å². The molecule has 4 atom stereocenters. The number of hydrogen-bond acceptors (Lipinski definition) is 8. The molecule has 1 heterocycles. The third kappa shape index (κ3) is 9.54. The first-order chi connectivity index (χ1) is 25.5. The zero-order valence-electron chi connectivity index (χ0n) is 31.4. The quantitative estimate of drug-likeness (QED) is 0.0595. The number of methoxy groups -OCH3 is 2. The number of nitriles is 1. The van der Waals surface area contributed by atoms with Crippen molar-refractivity contribution < 1.29 is 28.0 Å². The van der Waals surface area contributed by atoms with E-state index in [9.17, 15) is 5.26 Å². The Balaban J connectivity index is 1.60. The van der Waals surface area contributed by atoms with E-state index in [-0.39, 0.29) is 31.7 Å². The van der Waals surface area contributed by atoms with Gasteiger partial charge in [-0.05, 0) is 92.8 Å². The van der Waals surface area contributed by atoms with Crippen LogP contribution in [-0.2, 0) is 24.1 Å². The maximum atomic E-state index is 9.33. The summed E-state index contributed by atoms with van der Waals surface area (Å²) in [5.41, 5.74) is 3.44. The molecule has 8 nitrogen and oxygen atoms in total. The van der Waals surface area contributed by atoms with Crippen LogP contribution in [0.25, 0.3) is 0 Å². The molecule has 1 fully saturated rings. The first-order valence-electron chi connectivity index (χ1n) is 17.9. The van der Waals surface area contributed by atoms with Gasteiger partial charge in [0.25, 0.3) is 8.53 Å². The molecule has 0 bridgehead atoms. The molecule has 4 aromatic carbocycles. The molecule has 5 rings (SSSR count). The second kappa shape index (κ2) is 18.9. The molecule has 4 aromatic rings. The number of halogens is 2. The van der Waals surface area contributed by atoms with Crippen LogP contribution in [0.4, 0.5) is 0 Å². The average molecular weight is 780 g/mol. The molecule has 1 saturated heterocycles. The fraction of sp³-hybridized carbons (Fsp3) is 0.405. The van der Waals surface area contributed by atoms with E-state index in [0.717, 1.165) is 39.3 Å². The van der Waals surface area contributed by atoms with Gasteiger partial charge in [0, 0.05) is 28.5 Å². The summed E-state index contributed by atoms with van der Waals surface area (Å²) in [6.07, 6.45) is -0.612. The maximum Gasteiger partial charge on any atom is 0.259 e. The van der Waals surface area contributed by atoms with Crippen molar-refractivity contribution in [3.63, 3.8) is 0 Å². The minimum absolute atomic E-state index is 0.125. The Morgan fingerprint density at radius 1 is 0.849 bits per heavy atom. The van der Waals surface area contributed by atoms with E-state index >= 15 is 0 Å². The number of aryl methyl sites for hydroxylation is 1. The molecule has 53 heavy (non-hydrogen) atoms. The van der Waals surface area contributed by atoms with Gasteiger partial charge in [0.2, 0.25) is 0 Å². The van der Waals surface area contributed by atoms with Crippen molar-refractivity contribution in [3.8, 4) is 17.6 Å². The van der Waals surface area contributed by atoms with Gasteiger partial charge < -0.3 is 28.0 Å². The highest BCUT2D eigenvalue weighted by molar-refractivity contribution is 7.44. The van der Waals surface area contributed by atoms with Crippen LogP contribution in [-0.4, -0.2) is 56.4 Å². The first-order valence-corrected chi connectivity index (χ1v) is 19.8. The first kappa shape index (κ1) is 41.0. The molecule has 0 radical (unpaired) electrons. The molecule has 0 spiro atoms. The second-order valence-electron chi connectivity index (χ2n) is 13.5. The third-order valence-electron chi connectivity index (χ3n) is 9.35. The molecule has 11 heteroatoms. The summed E-state index contributed by atoms with van der Waals surface area (Å²) in [6.45, 7) is 10.8. The van der Waals surface area contributed by atoms with Crippen molar-refractivity contribution in [3.05, 3.63) is 129 Å². The summed E-state index contributed by atoms with van der Waals surface area (Å²) >= 11 is 13.3. The summed E-state index contributed by atoms with van der Waals surface area (Å²) in [7, 11) is 1.73. The van der Waals surface area contributed by atoms with Crippen molar-refractivity contribution in [2.75, 3.05) is 27.4 Å². The van der Waals surface area contributed by atoms with Crippen LogP contribution in [0.5, 0.6) is 11.5 Å². The van der Waals surface area contributed by atoms with Crippen molar-refractivity contribution in [2.45, 2.75) is 83.5 Å². The summed E-state index contributed by atoms with van der Waals surface area (Å²) in [6, 6.07) is 32.2. The van der Waals surface area contributed by atoms with E-state index in [0.29, 0.717) is 16.5 Å². The fourth-order valence-corrected chi connectivity index (χ4v) is 9.06. The average Bonchev–Trinajstić information content (AvgIpc) is 3.56. The van der Waals surface area contributed by atoms with E-state index in [1.54, 1.807) is 20.3 Å². The van der Waals surface area contributed by atoms with E-state index in [1.165, 1.54) is 0 Å². The number of ether oxygens (including phenoxy) is 4. The number of hydrogen-bond donors (Lipinski definition) is 0. The van der Waals surface area contributed by atoms with Gasteiger partial charge in [-0.3, -0.25) is 0 Å². The predicted octanol–water partition coefficient (Wildman–Crippen LogP) is 10.8. The lowest BCUT2D eigenvalue weighted by atomic mass is 9.80. The predicted molar refractivity (Wildman–Crippen MR) is 212 cm³/mol. The van der Waals surface area contributed by atoms with E-state index in [2.05, 4.69) is 50.6 Å². The molecular weight excluding hydrogens is 730 g/mol. The van der Waals surface area contributed by atoms with Crippen LogP contribution in [0, 0.1) is 18.3 Å². The van der Waals surface area contributed by atoms with Gasteiger partial charge in [-0.2, -0.15) is 5.26 Å². The van der Waals surface area contributed by atoms with Crippen molar-refractivity contribution >= 4 is 31.7 Å². The Bertz CT molecular complexity index is 1750. The Labute approximate surface area is 325 Å². The highest BCUT2D eigenvalue weighted by Crippen LogP contribution is 2.52. The third-order valence-corrected chi connectivity index (χ3v) is 12.2. The van der Waals surface area contributed by atoms with Crippen LogP contribution < -0.4 is 9.47 Å². The standard InChI is InChI=1S/C42H49Cl2N2O6P/c1-28(2)46(29(3)4)53(50-23-11-22-45)52-40-26-39(36-24-30(5)37(43)25-38(36)44)51-41(40)27-49-42(31-12-9-8-10-13-31,32-14-18-34(47-6)19-15-32)33-16-20-35(48-7)21-17-33/h8-10,12-21,24-25,28-29,39-41H,11,23,26-27H2,1-7H3/t39-,40+,41-,53?/m1/s1. The zero-order valence-corrected chi connectivity index (χ0v) is 33.8. The van der Waals surface area contributed by atoms with Gasteiger partial charge in [-0.15, -0.1) is 0 Å². The highest BCUT2D eigenvalue weighted by Gasteiger charge is 2.45. The smallest absolute Gasteiger partial charge is 0.259 e. The van der Waals surface area contributed by atoms with Crippen molar-refractivity contribution in [1.29, 1.82) is 5.26 Å². The maximum absolute atomic E-state index is 9.33. The monoisotopic (exact) mass is 778 g/mol. The number of rotatable bonds is 17. The molecule has 0 N–H and O–H groups in total. The fourth-order valence-electron chi connectivity index (χ4n) is 6.79. The van der Waals surface area contributed by atoms with Crippen LogP contribution in [0.15, 0.2) is 91.0 Å². The molecule has 0 aromatic heterocycles. The van der Waals surface area contributed by atoms with Gasteiger partial charge in [-0.1, -0.05) is 83.9 Å². The van der Waals surface area contributed by atoms with E-state index < -0.39 is 32.4 Å². The summed E-state index contributed by atoms with van der Waals surface area (Å²) in [4.78, 5) is 0. The molecular formula is C42H49Cl2N2O6P. The molecule has 282 valence electrons. The van der Waals surface area contributed by atoms with Gasteiger partial charge in [0.1, 0.15) is 23.2 Å². The van der Waals surface area contributed by atoms with Crippen LogP contribution in [0.1, 0.15) is 74.5 Å². The molecule has 1 unspecified atom stereocenters. The Morgan fingerprint density at radius 2 is 1.42 bits per heavy atom.